The van der Waals surface area contributed by atoms with Crippen LogP contribution in [0.4, 0.5) is 0 Å². The van der Waals surface area contributed by atoms with Gasteiger partial charge in [-0.25, -0.2) is 0 Å². The normalized spacial score (nSPS) is 11.0. The van der Waals surface area contributed by atoms with Crippen LogP contribution in [0.15, 0.2) is 40.6 Å². The van der Waals surface area contributed by atoms with E-state index in [1.54, 1.807) is 18.0 Å². The van der Waals surface area contributed by atoms with E-state index in [-0.39, 0.29) is 0 Å². The van der Waals surface area contributed by atoms with Crippen LogP contribution in [0.5, 0.6) is 0 Å². The van der Waals surface area contributed by atoms with Crippen molar-refractivity contribution in [3.05, 3.63) is 31.1 Å². The van der Waals surface area contributed by atoms with Crippen molar-refractivity contribution in [1.82, 2.24) is 14.8 Å². The molecule has 0 aliphatic heterocycles. The zero-order valence-corrected chi connectivity index (χ0v) is 10.8. The maximum absolute atomic E-state index is 5.36. The molecule has 0 radical (unpaired) electrons. The van der Waals surface area contributed by atoms with E-state index in [0.717, 1.165) is 16.7 Å². The number of thioether (sulfide) groups is 1. The predicted octanol–water partition coefficient (Wildman–Crippen LogP) is 3.22. The molecule has 2 aromatic heterocycles. The van der Waals surface area contributed by atoms with Gasteiger partial charge in [0.25, 0.3) is 0 Å². The Kier molecular flexibility index (Phi) is 3.68. The third kappa shape index (κ3) is 2.61. The van der Waals surface area contributed by atoms with Crippen molar-refractivity contribution >= 4 is 11.8 Å². The van der Waals surface area contributed by atoms with Crippen molar-refractivity contribution in [2.24, 2.45) is 0 Å². The van der Waals surface area contributed by atoms with Gasteiger partial charge >= 0.3 is 0 Å². The smallest absolute Gasteiger partial charge is 0.200 e. The summed E-state index contributed by atoms with van der Waals surface area (Å²) in [5.41, 5.74) is 0. The Morgan fingerprint density at radius 3 is 2.94 bits per heavy atom. The number of hydrogen-bond acceptors (Lipinski definition) is 4. The van der Waals surface area contributed by atoms with Gasteiger partial charge in [-0.05, 0) is 12.1 Å². The maximum Gasteiger partial charge on any atom is 0.200 e. The van der Waals surface area contributed by atoms with Gasteiger partial charge in [0.1, 0.15) is 0 Å². The van der Waals surface area contributed by atoms with Gasteiger partial charge in [-0.15, -0.1) is 16.8 Å². The molecule has 17 heavy (non-hydrogen) atoms. The number of allylic oxidation sites excluding steroid dienone is 1. The second-order valence-corrected chi connectivity index (χ2v) is 5.39. The van der Waals surface area contributed by atoms with Gasteiger partial charge in [-0.3, -0.25) is 4.57 Å². The summed E-state index contributed by atoms with van der Waals surface area (Å²) in [6.07, 6.45) is 3.47. The van der Waals surface area contributed by atoms with Crippen LogP contribution in [0.25, 0.3) is 11.6 Å². The van der Waals surface area contributed by atoms with E-state index in [1.165, 1.54) is 0 Å². The van der Waals surface area contributed by atoms with Crippen molar-refractivity contribution in [3.63, 3.8) is 0 Å². The molecule has 0 N–H and O–H groups in total. The van der Waals surface area contributed by atoms with Crippen LogP contribution in [0, 0.1) is 0 Å². The van der Waals surface area contributed by atoms with E-state index in [4.69, 9.17) is 4.42 Å². The van der Waals surface area contributed by atoms with Gasteiger partial charge in [0.05, 0.1) is 6.26 Å². The molecule has 0 bridgehead atoms. The Hall–Kier alpha value is -1.49. The molecule has 0 spiro atoms. The van der Waals surface area contributed by atoms with E-state index in [0.29, 0.717) is 11.8 Å². The summed E-state index contributed by atoms with van der Waals surface area (Å²) in [7, 11) is 0. The lowest BCUT2D eigenvalue weighted by atomic mass is 10.4. The Bertz CT molecular complexity index is 488. The zero-order chi connectivity index (χ0) is 12.3. The molecule has 2 heterocycles. The maximum atomic E-state index is 5.36. The first-order valence-corrected chi connectivity index (χ1v) is 6.35. The second-order valence-electron chi connectivity index (χ2n) is 3.85. The Morgan fingerprint density at radius 1 is 1.53 bits per heavy atom. The van der Waals surface area contributed by atoms with E-state index < -0.39 is 0 Å². The van der Waals surface area contributed by atoms with Gasteiger partial charge in [0.2, 0.25) is 5.82 Å². The van der Waals surface area contributed by atoms with E-state index in [9.17, 15) is 0 Å². The lowest BCUT2D eigenvalue weighted by Crippen LogP contribution is -2.01. The first-order chi connectivity index (χ1) is 8.22. The Balaban J connectivity index is 2.39. The van der Waals surface area contributed by atoms with Crippen LogP contribution in [0.1, 0.15) is 13.8 Å². The average molecular weight is 249 g/mol. The lowest BCUT2D eigenvalue weighted by molar-refractivity contribution is 0.569. The summed E-state index contributed by atoms with van der Waals surface area (Å²) >= 11 is 1.68. The van der Waals surface area contributed by atoms with E-state index in [2.05, 4.69) is 30.6 Å². The molecular formula is C12H15N3OS. The van der Waals surface area contributed by atoms with Gasteiger partial charge in [-0.1, -0.05) is 31.7 Å². The third-order valence-electron chi connectivity index (χ3n) is 2.11. The summed E-state index contributed by atoms with van der Waals surface area (Å²) in [5.74, 6) is 1.48. The first-order valence-electron chi connectivity index (χ1n) is 5.47. The van der Waals surface area contributed by atoms with Crippen LogP contribution in [-0.2, 0) is 6.54 Å². The highest BCUT2D eigenvalue weighted by Crippen LogP contribution is 2.26. The van der Waals surface area contributed by atoms with Crippen molar-refractivity contribution in [1.29, 1.82) is 0 Å². The molecule has 0 saturated heterocycles. The summed E-state index contributed by atoms with van der Waals surface area (Å²) < 4.78 is 7.37. The molecule has 0 aliphatic carbocycles. The monoisotopic (exact) mass is 249 g/mol. The van der Waals surface area contributed by atoms with Crippen molar-refractivity contribution < 1.29 is 4.42 Å². The highest BCUT2D eigenvalue weighted by molar-refractivity contribution is 7.99. The molecule has 0 saturated carbocycles. The van der Waals surface area contributed by atoms with Crippen molar-refractivity contribution in [3.8, 4) is 11.6 Å². The highest BCUT2D eigenvalue weighted by atomic mass is 32.2. The lowest BCUT2D eigenvalue weighted by Gasteiger charge is -2.07. The molecule has 0 fully saturated rings. The standard InChI is InChI=1S/C12H15N3OS/c1-4-7-15-11(10-6-5-8-16-10)13-14-12(15)17-9(2)3/h4-6,8-9H,1,7H2,2-3H3. The number of aromatic nitrogens is 3. The van der Waals surface area contributed by atoms with Crippen molar-refractivity contribution in [2.75, 3.05) is 0 Å². The van der Waals surface area contributed by atoms with Gasteiger partial charge in [-0.2, -0.15) is 0 Å². The largest absolute Gasteiger partial charge is 0.461 e. The topological polar surface area (TPSA) is 43.9 Å². The fourth-order valence-electron chi connectivity index (χ4n) is 1.47. The minimum atomic E-state index is 0.465. The van der Waals surface area contributed by atoms with Crippen LogP contribution in [0.2, 0.25) is 0 Å². The molecular weight excluding hydrogens is 234 g/mol. The van der Waals surface area contributed by atoms with Crippen LogP contribution >= 0.6 is 11.8 Å². The molecule has 0 amide bonds. The number of furan rings is 1. The molecule has 0 atom stereocenters. The van der Waals surface area contributed by atoms with E-state index >= 15 is 0 Å². The SMILES string of the molecule is C=CCn1c(SC(C)C)nnc1-c1ccco1. The second kappa shape index (κ2) is 5.23. The molecule has 0 aliphatic rings. The highest BCUT2D eigenvalue weighted by Gasteiger charge is 2.15. The van der Waals surface area contributed by atoms with Crippen LogP contribution in [-0.4, -0.2) is 20.0 Å². The van der Waals surface area contributed by atoms with Crippen molar-refractivity contribution in [2.45, 2.75) is 30.8 Å². The number of rotatable bonds is 5. The molecule has 2 aromatic rings. The Labute approximate surface area is 105 Å². The van der Waals surface area contributed by atoms with Gasteiger partial charge in [0, 0.05) is 11.8 Å². The molecule has 4 nitrogen and oxygen atoms in total. The molecule has 5 heteroatoms. The van der Waals surface area contributed by atoms with Crippen LogP contribution in [0.3, 0.4) is 0 Å². The molecule has 0 unspecified atom stereocenters. The summed E-state index contributed by atoms with van der Waals surface area (Å²) in [6.45, 7) is 8.70. The summed E-state index contributed by atoms with van der Waals surface area (Å²) in [6, 6.07) is 3.73. The minimum absolute atomic E-state index is 0.465. The van der Waals surface area contributed by atoms with Gasteiger partial charge < -0.3 is 4.42 Å². The predicted molar refractivity (Wildman–Crippen MR) is 68.9 cm³/mol. The van der Waals surface area contributed by atoms with E-state index in [1.807, 2.05) is 22.8 Å². The molecule has 90 valence electrons. The quantitative estimate of drug-likeness (QED) is 0.603. The minimum Gasteiger partial charge on any atom is -0.461 e. The summed E-state index contributed by atoms with van der Waals surface area (Å²) in [4.78, 5) is 0. The average Bonchev–Trinajstić information content (AvgIpc) is 2.88. The molecule has 0 aromatic carbocycles. The fourth-order valence-corrected chi connectivity index (χ4v) is 2.27. The van der Waals surface area contributed by atoms with Gasteiger partial charge in [0.15, 0.2) is 10.9 Å². The number of nitrogens with zero attached hydrogens (tertiary/aromatic N) is 3. The zero-order valence-electron chi connectivity index (χ0n) is 9.96. The summed E-state index contributed by atoms with van der Waals surface area (Å²) in [5, 5.41) is 9.74. The van der Waals surface area contributed by atoms with Crippen LogP contribution < -0.4 is 0 Å². The molecule has 2 rings (SSSR count). The Morgan fingerprint density at radius 2 is 2.35 bits per heavy atom. The fraction of sp³-hybridized carbons (Fsp3) is 0.333. The first kappa shape index (κ1) is 12.0. The number of hydrogen-bond donors (Lipinski definition) is 0. The third-order valence-corrected chi connectivity index (χ3v) is 3.10.